The van der Waals surface area contributed by atoms with Gasteiger partial charge in [-0.15, -0.1) is 0 Å². The standard InChI is InChI=1S/C22H36N2O/c1-20(2,3)18-8-10-19(11-9-18)25-13-7-12-23-14-22(15-23)16-24(17-22)21(4,5)6/h8-11H,7,12-17H2,1-6H3. The van der Waals surface area contributed by atoms with E-state index >= 15 is 0 Å². The maximum atomic E-state index is 5.91. The minimum Gasteiger partial charge on any atom is -0.494 e. The van der Waals surface area contributed by atoms with E-state index in [0.717, 1.165) is 25.3 Å². The molecule has 0 unspecified atom stereocenters. The lowest BCUT2D eigenvalue weighted by atomic mass is 9.71. The predicted octanol–water partition coefficient (Wildman–Crippen LogP) is 4.17. The average Bonchev–Trinajstić information content (AvgIpc) is 2.41. The Balaban J connectivity index is 1.31. The van der Waals surface area contributed by atoms with Gasteiger partial charge in [0.1, 0.15) is 5.75 Å². The van der Waals surface area contributed by atoms with Crippen molar-refractivity contribution in [2.45, 2.75) is 58.9 Å². The summed E-state index contributed by atoms with van der Waals surface area (Å²) >= 11 is 0. The summed E-state index contributed by atoms with van der Waals surface area (Å²) in [5, 5.41) is 0. The number of hydrogen-bond donors (Lipinski definition) is 0. The van der Waals surface area contributed by atoms with Crippen LogP contribution in [0.5, 0.6) is 5.75 Å². The Morgan fingerprint density at radius 1 is 0.920 bits per heavy atom. The van der Waals surface area contributed by atoms with Crippen molar-refractivity contribution in [1.82, 2.24) is 9.80 Å². The fourth-order valence-electron chi connectivity index (χ4n) is 4.03. The molecule has 2 saturated heterocycles. The van der Waals surface area contributed by atoms with E-state index < -0.39 is 0 Å². The van der Waals surface area contributed by atoms with Gasteiger partial charge in [-0.3, -0.25) is 4.90 Å². The number of rotatable bonds is 5. The zero-order valence-electron chi connectivity index (χ0n) is 17.1. The molecule has 25 heavy (non-hydrogen) atoms. The molecule has 2 heterocycles. The van der Waals surface area contributed by atoms with Gasteiger partial charge in [0.2, 0.25) is 0 Å². The molecular formula is C22H36N2O. The second kappa shape index (κ2) is 6.59. The molecule has 1 aromatic rings. The Labute approximate surface area is 154 Å². The average molecular weight is 345 g/mol. The Kier molecular flexibility index (Phi) is 4.93. The van der Waals surface area contributed by atoms with Crippen molar-refractivity contribution in [3.8, 4) is 5.75 Å². The zero-order valence-corrected chi connectivity index (χ0v) is 17.1. The lowest BCUT2D eigenvalue weighted by molar-refractivity contribution is -0.144. The Bertz CT molecular complexity index is 566. The molecule has 0 N–H and O–H groups in total. The number of nitrogens with zero attached hydrogens (tertiary/aromatic N) is 2. The van der Waals surface area contributed by atoms with Crippen LogP contribution in [-0.2, 0) is 5.41 Å². The summed E-state index contributed by atoms with van der Waals surface area (Å²) in [5.41, 5.74) is 2.50. The summed E-state index contributed by atoms with van der Waals surface area (Å²) in [6, 6.07) is 8.58. The SMILES string of the molecule is CC(C)(C)c1ccc(OCCCN2CC3(C2)CN(C(C)(C)C)C3)cc1. The largest absolute Gasteiger partial charge is 0.494 e. The molecule has 0 aromatic heterocycles. The van der Waals surface area contributed by atoms with Gasteiger partial charge in [0.05, 0.1) is 6.61 Å². The quantitative estimate of drug-likeness (QED) is 0.746. The van der Waals surface area contributed by atoms with E-state index in [1.807, 2.05) is 0 Å². The highest BCUT2D eigenvalue weighted by atomic mass is 16.5. The van der Waals surface area contributed by atoms with Crippen LogP contribution in [0.2, 0.25) is 0 Å². The molecule has 0 saturated carbocycles. The van der Waals surface area contributed by atoms with Crippen LogP contribution >= 0.6 is 0 Å². The molecule has 0 radical (unpaired) electrons. The van der Waals surface area contributed by atoms with E-state index in [-0.39, 0.29) is 5.41 Å². The molecule has 3 heteroatoms. The van der Waals surface area contributed by atoms with Crippen LogP contribution in [-0.4, -0.2) is 54.7 Å². The second-order valence-corrected chi connectivity index (χ2v) is 10.2. The van der Waals surface area contributed by atoms with Gasteiger partial charge in [0.15, 0.2) is 0 Å². The van der Waals surface area contributed by atoms with Crippen LogP contribution in [0.1, 0.15) is 53.5 Å². The van der Waals surface area contributed by atoms with E-state index in [0.29, 0.717) is 11.0 Å². The summed E-state index contributed by atoms with van der Waals surface area (Å²) in [5.74, 6) is 0.993. The number of benzene rings is 1. The van der Waals surface area contributed by atoms with Crippen molar-refractivity contribution in [3.63, 3.8) is 0 Å². The first-order chi connectivity index (χ1) is 11.6. The van der Waals surface area contributed by atoms with E-state index in [1.165, 1.54) is 31.7 Å². The molecule has 140 valence electrons. The van der Waals surface area contributed by atoms with Crippen LogP contribution in [0.3, 0.4) is 0 Å². The molecule has 2 fully saturated rings. The van der Waals surface area contributed by atoms with Gasteiger partial charge in [-0.1, -0.05) is 32.9 Å². The Hall–Kier alpha value is -1.06. The van der Waals surface area contributed by atoms with Gasteiger partial charge in [-0.05, 0) is 50.3 Å². The highest BCUT2D eigenvalue weighted by Crippen LogP contribution is 2.42. The van der Waals surface area contributed by atoms with Crippen LogP contribution in [0.15, 0.2) is 24.3 Å². The molecule has 2 aliphatic heterocycles. The van der Waals surface area contributed by atoms with Gasteiger partial charge in [-0.2, -0.15) is 0 Å². The molecule has 0 amide bonds. The first-order valence-electron chi connectivity index (χ1n) is 9.78. The lowest BCUT2D eigenvalue weighted by Crippen LogP contribution is -2.74. The van der Waals surface area contributed by atoms with Crippen molar-refractivity contribution in [3.05, 3.63) is 29.8 Å². The summed E-state index contributed by atoms with van der Waals surface area (Å²) in [6.45, 7) is 20.8. The predicted molar refractivity (Wildman–Crippen MR) is 105 cm³/mol. The third-order valence-electron chi connectivity index (χ3n) is 5.73. The molecule has 3 nitrogen and oxygen atoms in total. The van der Waals surface area contributed by atoms with E-state index in [1.54, 1.807) is 0 Å². The molecule has 0 bridgehead atoms. The smallest absolute Gasteiger partial charge is 0.119 e. The van der Waals surface area contributed by atoms with Crippen LogP contribution in [0.4, 0.5) is 0 Å². The highest BCUT2D eigenvalue weighted by molar-refractivity contribution is 5.31. The van der Waals surface area contributed by atoms with Gasteiger partial charge in [0.25, 0.3) is 0 Å². The first-order valence-corrected chi connectivity index (χ1v) is 9.78. The third-order valence-corrected chi connectivity index (χ3v) is 5.73. The summed E-state index contributed by atoms with van der Waals surface area (Å²) in [4.78, 5) is 5.20. The minimum atomic E-state index is 0.204. The molecule has 1 spiro atoms. The summed E-state index contributed by atoms with van der Waals surface area (Å²) < 4.78 is 5.91. The van der Waals surface area contributed by atoms with E-state index in [2.05, 4.69) is 75.6 Å². The number of ether oxygens (including phenoxy) is 1. The van der Waals surface area contributed by atoms with Crippen LogP contribution in [0, 0.1) is 5.41 Å². The lowest BCUT2D eigenvalue weighted by Gasteiger charge is -2.63. The Morgan fingerprint density at radius 2 is 1.52 bits per heavy atom. The highest BCUT2D eigenvalue weighted by Gasteiger charge is 2.53. The van der Waals surface area contributed by atoms with Gasteiger partial charge >= 0.3 is 0 Å². The molecule has 0 atom stereocenters. The fraction of sp³-hybridized carbons (Fsp3) is 0.727. The third kappa shape index (κ3) is 4.38. The molecule has 0 aliphatic carbocycles. The van der Waals surface area contributed by atoms with Crippen LogP contribution < -0.4 is 4.74 Å². The fourth-order valence-corrected chi connectivity index (χ4v) is 4.03. The first kappa shape index (κ1) is 18.7. The monoisotopic (exact) mass is 344 g/mol. The van der Waals surface area contributed by atoms with Gasteiger partial charge in [-0.25, -0.2) is 0 Å². The van der Waals surface area contributed by atoms with Gasteiger partial charge < -0.3 is 9.64 Å². The topological polar surface area (TPSA) is 15.7 Å². The van der Waals surface area contributed by atoms with E-state index in [4.69, 9.17) is 4.74 Å². The molecular weight excluding hydrogens is 308 g/mol. The van der Waals surface area contributed by atoms with E-state index in [9.17, 15) is 0 Å². The number of likely N-dealkylation sites (tertiary alicyclic amines) is 2. The normalized spacial score (nSPS) is 21.0. The Morgan fingerprint density at radius 3 is 2.04 bits per heavy atom. The van der Waals surface area contributed by atoms with Crippen molar-refractivity contribution in [2.24, 2.45) is 5.41 Å². The summed E-state index contributed by atoms with van der Waals surface area (Å²) in [6.07, 6.45) is 1.11. The van der Waals surface area contributed by atoms with Crippen molar-refractivity contribution in [1.29, 1.82) is 0 Å². The molecule has 3 rings (SSSR count). The maximum Gasteiger partial charge on any atom is 0.119 e. The maximum absolute atomic E-state index is 5.91. The minimum absolute atomic E-state index is 0.204. The second-order valence-electron chi connectivity index (χ2n) is 10.2. The van der Waals surface area contributed by atoms with Gasteiger partial charge in [0, 0.05) is 43.7 Å². The molecule has 2 aliphatic rings. The van der Waals surface area contributed by atoms with Crippen LogP contribution in [0.25, 0.3) is 0 Å². The zero-order chi connectivity index (χ0) is 18.3. The molecule has 1 aromatic carbocycles. The summed E-state index contributed by atoms with van der Waals surface area (Å²) in [7, 11) is 0. The number of hydrogen-bond acceptors (Lipinski definition) is 3. The van der Waals surface area contributed by atoms with Crippen molar-refractivity contribution >= 4 is 0 Å². The van der Waals surface area contributed by atoms with Crippen molar-refractivity contribution in [2.75, 3.05) is 39.3 Å². The van der Waals surface area contributed by atoms with Crippen molar-refractivity contribution < 1.29 is 4.74 Å².